The van der Waals surface area contributed by atoms with Gasteiger partial charge in [-0.05, 0) is 12.8 Å². The summed E-state index contributed by atoms with van der Waals surface area (Å²) in [6, 6.07) is 0. The number of halogens is 1. The van der Waals surface area contributed by atoms with E-state index in [4.69, 9.17) is 5.73 Å². The van der Waals surface area contributed by atoms with E-state index >= 15 is 0 Å². The molecular weight excluding hydrogens is 166 g/mol. The second-order valence-electron chi connectivity index (χ2n) is 2.47. The minimum absolute atomic E-state index is 0. The number of hydrogen-bond donors (Lipinski definition) is 1. The fourth-order valence-corrected chi connectivity index (χ4v) is 1.06. The Bertz CT molecular complexity index is 181. The van der Waals surface area contributed by atoms with Gasteiger partial charge in [-0.3, -0.25) is 0 Å². The van der Waals surface area contributed by atoms with E-state index in [1.165, 1.54) is 7.11 Å². The van der Waals surface area contributed by atoms with Crippen LogP contribution in [0.5, 0.6) is 0 Å². The molecule has 0 amide bonds. The van der Waals surface area contributed by atoms with Gasteiger partial charge < -0.3 is 10.5 Å². The van der Waals surface area contributed by atoms with Crippen LogP contribution in [0.1, 0.15) is 12.8 Å². The van der Waals surface area contributed by atoms with E-state index < -0.39 is 5.54 Å². The van der Waals surface area contributed by atoms with Crippen molar-refractivity contribution in [3.05, 3.63) is 12.2 Å². The van der Waals surface area contributed by atoms with Crippen LogP contribution in [0.2, 0.25) is 0 Å². The van der Waals surface area contributed by atoms with Gasteiger partial charge in [-0.2, -0.15) is 0 Å². The van der Waals surface area contributed by atoms with Crippen molar-refractivity contribution >= 4 is 18.4 Å². The van der Waals surface area contributed by atoms with Gasteiger partial charge in [0.25, 0.3) is 0 Å². The zero-order chi connectivity index (χ0) is 7.61. The first-order valence-corrected chi connectivity index (χ1v) is 3.24. The largest absolute Gasteiger partial charge is 0.467 e. The molecule has 0 aliphatic heterocycles. The highest BCUT2D eigenvalue weighted by Crippen LogP contribution is 2.20. The summed E-state index contributed by atoms with van der Waals surface area (Å²) in [5.41, 5.74) is 4.81. The molecular formula is C7H12ClNO2. The first-order chi connectivity index (χ1) is 4.69. The smallest absolute Gasteiger partial charge is 0.329 e. The quantitative estimate of drug-likeness (QED) is 0.472. The van der Waals surface area contributed by atoms with Crippen molar-refractivity contribution in [2.45, 2.75) is 18.4 Å². The molecule has 0 radical (unpaired) electrons. The van der Waals surface area contributed by atoms with Crippen molar-refractivity contribution in [2.75, 3.05) is 7.11 Å². The van der Waals surface area contributed by atoms with Gasteiger partial charge in [0, 0.05) is 0 Å². The Morgan fingerprint density at radius 3 is 2.73 bits per heavy atom. The summed E-state index contributed by atoms with van der Waals surface area (Å²) in [6.45, 7) is 0. The summed E-state index contributed by atoms with van der Waals surface area (Å²) in [6.07, 6.45) is 5.14. The highest BCUT2D eigenvalue weighted by atomic mass is 35.5. The van der Waals surface area contributed by atoms with Gasteiger partial charge in [0.1, 0.15) is 5.54 Å². The van der Waals surface area contributed by atoms with Crippen LogP contribution in [-0.4, -0.2) is 18.6 Å². The molecule has 1 unspecified atom stereocenters. The van der Waals surface area contributed by atoms with E-state index in [1.54, 1.807) is 6.08 Å². The Hall–Kier alpha value is -0.540. The maximum Gasteiger partial charge on any atom is 0.329 e. The Kier molecular flexibility index (Phi) is 3.55. The summed E-state index contributed by atoms with van der Waals surface area (Å²) in [4.78, 5) is 10.9. The Morgan fingerprint density at radius 1 is 1.73 bits per heavy atom. The highest BCUT2D eigenvalue weighted by molar-refractivity contribution is 5.85. The van der Waals surface area contributed by atoms with E-state index in [0.717, 1.165) is 6.42 Å². The molecule has 0 aromatic heterocycles. The standard InChI is InChI=1S/C7H11NO2.ClH/c1-10-6(9)7(8)4-2-3-5-7;/h2,4H,3,5,8H2,1H3;1H. The molecule has 0 aromatic carbocycles. The molecule has 1 atom stereocenters. The maximum absolute atomic E-state index is 10.9. The number of allylic oxidation sites excluding steroid dienone is 1. The lowest BCUT2D eigenvalue weighted by Gasteiger charge is -2.17. The molecule has 0 saturated heterocycles. The number of methoxy groups -OCH3 is 1. The van der Waals surface area contributed by atoms with Gasteiger partial charge in [-0.25, -0.2) is 4.79 Å². The van der Waals surface area contributed by atoms with Crippen molar-refractivity contribution in [3.63, 3.8) is 0 Å². The number of carbonyl (C=O) groups is 1. The lowest BCUT2D eigenvalue weighted by atomic mass is 10.0. The van der Waals surface area contributed by atoms with Crippen LogP contribution in [0.3, 0.4) is 0 Å². The molecule has 0 bridgehead atoms. The summed E-state index contributed by atoms with van der Waals surface area (Å²) in [7, 11) is 1.35. The van der Waals surface area contributed by atoms with Gasteiger partial charge in [0.2, 0.25) is 0 Å². The molecule has 1 rings (SSSR count). The molecule has 11 heavy (non-hydrogen) atoms. The van der Waals surface area contributed by atoms with Crippen LogP contribution >= 0.6 is 12.4 Å². The van der Waals surface area contributed by atoms with Crippen molar-refractivity contribution in [1.29, 1.82) is 0 Å². The Morgan fingerprint density at radius 2 is 2.36 bits per heavy atom. The monoisotopic (exact) mass is 177 g/mol. The second-order valence-corrected chi connectivity index (χ2v) is 2.47. The number of esters is 1. The lowest BCUT2D eigenvalue weighted by molar-refractivity contribution is -0.145. The summed E-state index contributed by atoms with van der Waals surface area (Å²) in [5.74, 6) is -0.346. The third kappa shape index (κ3) is 1.94. The second kappa shape index (κ2) is 3.74. The molecule has 0 heterocycles. The number of nitrogens with two attached hydrogens (primary N) is 1. The van der Waals surface area contributed by atoms with E-state index in [9.17, 15) is 4.79 Å². The molecule has 64 valence electrons. The van der Waals surface area contributed by atoms with E-state index in [-0.39, 0.29) is 18.4 Å². The minimum Gasteiger partial charge on any atom is -0.467 e. The Labute approximate surface area is 72.0 Å². The van der Waals surface area contributed by atoms with E-state index in [1.807, 2.05) is 6.08 Å². The van der Waals surface area contributed by atoms with Crippen molar-refractivity contribution in [1.82, 2.24) is 0 Å². The molecule has 1 aliphatic carbocycles. The van der Waals surface area contributed by atoms with E-state index in [0.29, 0.717) is 6.42 Å². The number of hydrogen-bond acceptors (Lipinski definition) is 3. The number of ether oxygens (including phenoxy) is 1. The van der Waals surface area contributed by atoms with Gasteiger partial charge in [-0.15, -0.1) is 12.4 Å². The Balaban J connectivity index is 0.000001000. The normalized spacial score (nSPS) is 27.8. The third-order valence-corrected chi connectivity index (χ3v) is 1.71. The third-order valence-electron chi connectivity index (χ3n) is 1.71. The van der Waals surface area contributed by atoms with E-state index in [2.05, 4.69) is 4.74 Å². The van der Waals surface area contributed by atoms with Crippen LogP contribution in [0.4, 0.5) is 0 Å². The van der Waals surface area contributed by atoms with Gasteiger partial charge in [0.05, 0.1) is 7.11 Å². The first kappa shape index (κ1) is 10.5. The lowest BCUT2D eigenvalue weighted by Crippen LogP contribution is -2.45. The minimum atomic E-state index is -0.839. The van der Waals surface area contributed by atoms with Gasteiger partial charge >= 0.3 is 5.97 Å². The van der Waals surface area contributed by atoms with Crippen LogP contribution in [0, 0.1) is 0 Å². The topological polar surface area (TPSA) is 52.3 Å². The van der Waals surface area contributed by atoms with Crippen LogP contribution in [0.25, 0.3) is 0 Å². The average molecular weight is 178 g/mol. The number of rotatable bonds is 1. The zero-order valence-corrected chi connectivity index (χ0v) is 7.19. The van der Waals surface area contributed by atoms with Crippen LogP contribution in [0.15, 0.2) is 12.2 Å². The van der Waals surface area contributed by atoms with Crippen molar-refractivity contribution in [3.8, 4) is 0 Å². The van der Waals surface area contributed by atoms with Crippen LogP contribution in [-0.2, 0) is 9.53 Å². The molecule has 0 saturated carbocycles. The first-order valence-electron chi connectivity index (χ1n) is 3.24. The van der Waals surface area contributed by atoms with Crippen molar-refractivity contribution in [2.24, 2.45) is 5.73 Å². The molecule has 4 heteroatoms. The fourth-order valence-electron chi connectivity index (χ4n) is 1.06. The molecule has 0 fully saturated rings. The molecule has 2 N–H and O–H groups in total. The molecule has 0 spiro atoms. The average Bonchev–Trinajstić information content (AvgIpc) is 2.36. The van der Waals surface area contributed by atoms with Crippen molar-refractivity contribution < 1.29 is 9.53 Å². The van der Waals surface area contributed by atoms with Gasteiger partial charge in [-0.1, -0.05) is 12.2 Å². The molecule has 3 nitrogen and oxygen atoms in total. The van der Waals surface area contributed by atoms with Gasteiger partial charge in [0.15, 0.2) is 0 Å². The molecule has 0 aromatic rings. The van der Waals surface area contributed by atoms with Crippen LogP contribution < -0.4 is 5.73 Å². The number of carbonyl (C=O) groups excluding carboxylic acids is 1. The summed E-state index contributed by atoms with van der Waals surface area (Å²) in [5, 5.41) is 0. The highest BCUT2D eigenvalue weighted by Gasteiger charge is 2.34. The predicted molar refractivity (Wildman–Crippen MR) is 44.6 cm³/mol. The predicted octanol–water partition coefficient (Wildman–Crippen LogP) is 0.629. The summed E-state index contributed by atoms with van der Waals surface area (Å²) >= 11 is 0. The summed E-state index contributed by atoms with van der Waals surface area (Å²) < 4.78 is 4.52. The molecule has 1 aliphatic rings. The zero-order valence-electron chi connectivity index (χ0n) is 6.37. The SMILES string of the molecule is COC(=O)C1(N)C=CCC1.Cl. The fraction of sp³-hybridized carbons (Fsp3) is 0.571. The maximum atomic E-state index is 10.9.